The van der Waals surface area contributed by atoms with E-state index in [-0.39, 0.29) is 0 Å². The first-order valence-corrected chi connectivity index (χ1v) is 5.31. The molecule has 0 spiro atoms. The highest BCUT2D eigenvalue weighted by atomic mass is 16.6. The number of ether oxygens (including phenoxy) is 4. The molecule has 0 amide bonds. The zero-order valence-corrected chi connectivity index (χ0v) is 10.5. The highest BCUT2D eigenvalue weighted by molar-refractivity contribution is 4.50. The molecular weight excluding hydrogens is 214 g/mol. The lowest BCUT2D eigenvalue weighted by molar-refractivity contribution is -0.284. The minimum atomic E-state index is -0.437. The monoisotopic (exact) mass is 237 g/mol. The Morgan fingerprint density at radius 2 is 1.25 bits per heavy atom. The average Bonchev–Trinajstić information content (AvgIpc) is 2.28. The lowest BCUT2D eigenvalue weighted by atomic mass is 10.5. The van der Waals surface area contributed by atoms with Gasteiger partial charge in [-0.15, -0.1) is 5.06 Å². The lowest BCUT2D eigenvalue weighted by Crippen LogP contribution is -2.41. The number of hydroxylamine groups is 2. The number of hydrogen-bond acceptors (Lipinski definition) is 6. The summed E-state index contributed by atoms with van der Waals surface area (Å²) in [5.41, 5.74) is 0. The topological polar surface area (TPSA) is 60.4 Å². The fourth-order valence-corrected chi connectivity index (χ4v) is 1.05. The molecule has 0 aliphatic carbocycles. The van der Waals surface area contributed by atoms with Gasteiger partial charge in [-0.25, -0.2) is 0 Å². The van der Waals surface area contributed by atoms with E-state index in [2.05, 4.69) is 0 Å². The maximum absolute atomic E-state index is 9.69. The molecule has 0 aliphatic heterocycles. The van der Waals surface area contributed by atoms with Crippen LogP contribution in [-0.2, 0) is 18.9 Å². The molecule has 0 fully saturated rings. The van der Waals surface area contributed by atoms with Crippen LogP contribution in [0.5, 0.6) is 0 Å². The smallest absolute Gasteiger partial charge is 0.133 e. The van der Waals surface area contributed by atoms with Crippen molar-refractivity contribution >= 4 is 0 Å². The van der Waals surface area contributed by atoms with Gasteiger partial charge in [0.1, 0.15) is 12.5 Å². The van der Waals surface area contributed by atoms with Crippen molar-refractivity contribution in [3.63, 3.8) is 0 Å². The Labute approximate surface area is 97.0 Å². The number of rotatable bonds is 10. The summed E-state index contributed by atoms with van der Waals surface area (Å²) in [5, 5.41) is 10.7. The number of hydrogen-bond donors (Lipinski definition) is 1. The fraction of sp³-hybridized carbons (Fsp3) is 1.00. The van der Waals surface area contributed by atoms with Crippen LogP contribution in [0.4, 0.5) is 0 Å². The second kappa shape index (κ2) is 9.95. The molecule has 0 saturated carbocycles. The van der Waals surface area contributed by atoms with Crippen LogP contribution in [0.15, 0.2) is 0 Å². The third-order valence-electron chi connectivity index (χ3n) is 2.04. The van der Waals surface area contributed by atoms with Gasteiger partial charge in [-0.3, -0.25) is 0 Å². The van der Waals surface area contributed by atoms with Gasteiger partial charge >= 0.3 is 0 Å². The minimum absolute atomic E-state index is 0.430. The van der Waals surface area contributed by atoms with Crippen molar-refractivity contribution in [2.75, 3.05) is 40.6 Å². The first-order valence-electron chi connectivity index (χ1n) is 5.31. The average molecular weight is 237 g/mol. The van der Waals surface area contributed by atoms with E-state index in [0.29, 0.717) is 26.4 Å². The molecule has 0 rings (SSSR count). The summed E-state index contributed by atoms with van der Waals surface area (Å²) >= 11 is 0. The van der Waals surface area contributed by atoms with Crippen molar-refractivity contribution in [1.82, 2.24) is 5.06 Å². The molecule has 0 heterocycles. The van der Waals surface area contributed by atoms with Gasteiger partial charge in [0, 0.05) is 14.2 Å². The number of methoxy groups -OCH3 is 2. The van der Waals surface area contributed by atoms with Crippen LogP contribution < -0.4 is 0 Å². The van der Waals surface area contributed by atoms with Crippen molar-refractivity contribution < 1.29 is 24.2 Å². The molecule has 1 N–H and O–H groups in total. The third-order valence-corrected chi connectivity index (χ3v) is 2.04. The van der Waals surface area contributed by atoms with Gasteiger partial charge in [0.25, 0.3) is 0 Å². The summed E-state index contributed by atoms with van der Waals surface area (Å²) in [7, 11) is 3.20. The van der Waals surface area contributed by atoms with Crippen molar-refractivity contribution in [3.8, 4) is 0 Å². The molecule has 0 saturated heterocycles. The zero-order chi connectivity index (χ0) is 12.4. The van der Waals surface area contributed by atoms with Crippen LogP contribution in [-0.4, -0.2) is 63.4 Å². The van der Waals surface area contributed by atoms with E-state index in [4.69, 9.17) is 18.9 Å². The lowest BCUT2D eigenvalue weighted by Gasteiger charge is -2.28. The maximum atomic E-state index is 9.69. The van der Waals surface area contributed by atoms with Gasteiger partial charge in [0.2, 0.25) is 0 Å². The Bertz CT molecular complexity index is 142. The third kappa shape index (κ3) is 7.10. The summed E-state index contributed by atoms with van der Waals surface area (Å²) in [6.45, 7) is 5.34. The Morgan fingerprint density at radius 1 is 0.875 bits per heavy atom. The van der Waals surface area contributed by atoms with Crippen LogP contribution in [0, 0.1) is 0 Å². The summed E-state index contributed by atoms with van der Waals surface area (Å²) in [5.74, 6) is 0. The zero-order valence-electron chi connectivity index (χ0n) is 10.5. The second-order valence-corrected chi connectivity index (χ2v) is 3.31. The second-order valence-electron chi connectivity index (χ2n) is 3.31. The van der Waals surface area contributed by atoms with Crippen molar-refractivity contribution in [3.05, 3.63) is 0 Å². The van der Waals surface area contributed by atoms with Crippen LogP contribution in [0.3, 0.4) is 0 Å². The summed E-state index contributed by atoms with van der Waals surface area (Å²) < 4.78 is 20.3. The predicted octanol–water partition coefficient (Wildman–Crippen LogP) is 0.696. The van der Waals surface area contributed by atoms with Crippen molar-refractivity contribution in [1.29, 1.82) is 0 Å². The van der Waals surface area contributed by atoms with Gasteiger partial charge in [0.05, 0.1) is 26.4 Å². The molecule has 98 valence electrons. The quantitative estimate of drug-likeness (QED) is 0.343. The van der Waals surface area contributed by atoms with Crippen LogP contribution in [0.25, 0.3) is 0 Å². The predicted molar refractivity (Wildman–Crippen MR) is 58.2 cm³/mol. The van der Waals surface area contributed by atoms with E-state index in [1.807, 2.05) is 0 Å². The standard InChI is InChI=1S/C10H23NO5/c1-9(15-7-5-13-3)11(12)10(2)16-8-6-14-4/h9-10,12H,5-8H2,1-4H3. The molecule has 2 atom stereocenters. The molecule has 16 heavy (non-hydrogen) atoms. The van der Waals surface area contributed by atoms with Gasteiger partial charge in [-0.05, 0) is 13.8 Å². The van der Waals surface area contributed by atoms with E-state index in [1.54, 1.807) is 28.1 Å². The Morgan fingerprint density at radius 3 is 1.56 bits per heavy atom. The normalized spacial score (nSPS) is 15.4. The maximum Gasteiger partial charge on any atom is 0.133 e. The molecule has 0 radical (unpaired) electrons. The first kappa shape index (κ1) is 15.8. The van der Waals surface area contributed by atoms with Crippen LogP contribution in [0.1, 0.15) is 13.8 Å². The van der Waals surface area contributed by atoms with E-state index in [1.165, 1.54) is 0 Å². The van der Waals surface area contributed by atoms with Gasteiger partial charge in [-0.1, -0.05) is 0 Å². The molecule has 2 unspecified atom stereocenters. The van der Waals surface area contributed by atoms with Gasteiger partial charge < -0.3 is 24.2 Å². The fourth-order valence-electron chi connectivity index (χ4n) is 1.05. The largest absolute Gasteiger partial charge is 0.382 e. The highest BCUT2D eigenvalue weighted by Gasteiger charge is 2.18. The van der Waals surface area contributed by atoms with Crippen LogP contribution in [0.2, 0.25) is 0 Å². The summed E-state index contributed by atoms with van der Waals surface area (Å²) in [4.78, 5) is 0. The molecule has 0 aromatic rings. The highest BCUT2D eigenvalue weighted by Crippen LogP contribution is 2.04. The molecule has 6 nitrogen and oxygen atoms in total. The molecular formula is C10H23NO5. The van der Waals surface area contributed by atoms with E-state index in [0.717, 1.165) is 5.06 Å². The Kier molecular flexibility index (Phi) is 9.80. The minimum Gasteiger partial charge on any atom is -0.382 e. The number of nitrogens with zero attached hydrogens (tertiary/aromatic N) is 1. The van der Waals surface area contributed by atoms with Crippen LogP contribution >= 0.6 is 0 Å². The van der Waals surface area contributed by atoms with E-state index in [9.17, 15) is 5.21 Å². The van der Waals surface area contributed by atoms with Crippen molar-refractivity contribution in [2.45, 2.75) is 26.3 Å². The van der Waals surface area contributed by atoms with Gasteiger partial charge in [-0.2, -0.15) is 0 Å². The Balaban J connectivity index is 3.68. The molecule has 0 aromatic carbocycles. The SMILES string of the molecule is COCCOC(C)N(O)C(C)OCCOC. The van der Waals surface area contributed by atoms with Crippen molar-refractivity contribution in [2.24, 2.45) is 0 Å². The molecule has 6 heteroatoms. The summed E-state index contributed by atoms with van der Waals surface area (Å²) in [6, 6.07) is 0. The van der Waals surface area contributed by atoms with E-state index >= 15 is 0 Å². The van der Waals surface area contributed by atoms with E-state index < -0.39 is 12.5 Å². The molecule has 0 aromatic heterocycles. The first-order chi connectivity index (χ1) is 7.63. The molecule has 0 bridgehead atoms. The summed E-state index contributed by atoms with van der Waals surface area (Å²) in [6.07, 6.45) is -0.875. The Hall–Kier alpha value is -0.240. The molecule has 0 aliphatic rings. The van der Waals surface area contributed by atoms with Gasteiger partial charge in [0.15, 0.2) is 0 Å².